The second-order valence-corrected chi connectivity index (χ2v) is 3.36. The molecule has 0 bridgehead atoms. The van der Waals surface area contributed by atoms with E-state index in [-0.39, 0.29) is 5.69 Å². The van der Waals surface area contributed by atoms with Gasteiger partial charge < -0.3 is 4.74 Å². The summed E-state index contributed by atoms with van der Waals surface area (Å²) in [4.78, 5) is 4.64. The van der Waals surface area contributed by atoms with Crippen LogP contribution in [-0.2, 0) is 4.84 Å². The highest BCUT2D eigenvalue weighted by molar-refractivity contribution is 5.47. The number of para-hydroxylation sites is 1. The normalized spacial score (nSPS) is 10.0. The number of anilines is 1. The van der Waals surface area contributed by atoms with E-state index in [0.717, 1.165) is 0 Å². The highest BCUT2D eigenvalue weighted by Gasteiger charge is 2.04. The fourth-order valence-electron chi connectivity index (χ4n) is 1.38. The van der Waals surface area contributed by atoms with Crippen LogP contribution in [0, 0.1) is 5.82 Å². The summed E-state index contributed by atoms with van der Waals surface area (Å²) < 4.78 is 19.0. The zero-order valence-corrected chi connectivity index (χ0v) is 9.31. The number of hydrogen-bond acceptors (Lipinski definition) is 3. The van der Waals surface area contributed by atoms with Gasteiger partial charge in [-0.15, -0.1) is 0 Å². The minimum absolute atomic E-state index is 0.271. The van der Waals surface area contributed by atoms with Gasteiger partial charge in [-0.3, -0.25) is 10.3 Å². The maximum Gasteiger partial charge on any atom is 0.152 e. The molecule has 1 N–H and O–H groups in total. The highest BCUT2D eigenvalue weighted by atomic mass is 19.1. The van der Waals surface area contributed by atoms with E-state index in [1.807, 2.05) is 18.2 Å². The summed E-state index contributed by atoms with van der Waals surface area (Å²) in [5.41, 5.74) is 2.71. The van der Waals surface area contributed by atoms with Gasteiger partial charge in [0.15, 0.2) is 5.82 Å². The lowest BCUT2D eigenvalue weighted by molar-refractivity contribution is 0.268. The Morgan fingerprint density at radius 2 is 1.76 bits per heavy atom. The molecule has 0 atom stereocenters. The van der Waals surface area contributed by atoms with Crippen LogP contribution in [0.15, 0.2) is 48.5 Å². The van der Waals surface area contributed by atoms with Gasteiger partial charge in [0.2, 0.25) is 0 Å². The first-order valence-electron chi connectivity index (χ1n) is 5.11. The molecule has 0 unspecified atom stereocenters. The zero-order valence-electron chi connectivity index (χ0n) is 9.31. The minimum Gasteiger partial charge on any atom is -0.457 e. The molecule has 88 valence electrons. The lowest BCUT2D eigenvalue weighted by Crippen LogP contribution is -1.98. The van der Waals surface area contributed by atoms with E-state index in [4.69, 9.17) is 4.74 Å². The largest absolute Gasteiger partial charge is 0.457 e. The predicted molar refractivity (Wildman–Crippen MR) is 63.5 cm³/mol. The third-order valence-corrected chi connectivity index (χ3v) is 2.13. The molecule has 0 spiro atoms. The molecule has 0 aliphatic heterocycles. The molecule has 0 fully saturated rings. The molecule has 2 rings (SSSR count). The Balaban J connectivity index is 2.15. The van der Waals surface area contributed by atoms with Crippen molar-refractivity contribution in [3.05, 3.63) is 54.3 Å². The van der Waals surface area contributed by atoms with Crippen molar-refractivity contribution < 1.29 is 14.0 Å². The van der Waals surface area contributed by atoms with Crippen LogP contribution in [0.1, 0.15) is 0 Å². The van der Waals surface area contributed by atoms with E-state index in [0.29, 0.717) is 11.5 Å². The number of benzene rings is 2. The van der Waals surface area contributed by atoms with Gasteiger partial charge in [-0.25, -0.2) is 4.39 Å². The number of halogens is 1. The third kappa shape index (κ3) is 2.95. The molecule has 2 aromatic carbocycles. The molecule has 0 radical (unpaired) electrons. The van der Waals surface area contributed by atoms with Gasteiger partial charge in [-0.2, -0.15) is 0 Å². The molecule has 0 aliphatic carbocycles. The van der Waals surface area contributed by atoms with E-state index < -0.39 is 5.82 Å². The maximum atomic E-state index is 13.5. The number of hydrogen-bond donors (Lipinski definition) is 1. The Bertz CT molecular complexity index is 488. The molecule has 2 aromatic rings. The summed E-state index contributed by atoms with van der Waals surface area (Å²) in [6.45, 7) is 0. The lowest BCUT2D eigenvalue weighted by atomic mass is 10.3. The van der Waals surface area contributed by atoms with Crippen molar-refractivity contribution >= 4 is 5.69 Å². The first kappa shape index (κ1) is 11.4. The van der Waals surface area contributed by atoms with Crippen LogP contribution in [0.25, 0.3) is 0 Å². The molecule has 0 heterocycles. The van der Waals surface area contributed by atoms with Crippen molar-refractivity contribution in [2.24, 2.45) is 0 Å². The standard InChI is InChI=1S/C13H12FNO2/c1-16-15-13-8-7-11(9-12(13)14)17-10-5-3-2-4-6-10/h2-9,15H,1H3. The van der Waals surface area contributed by atoms with Crippen molar-refractivity contribution in [1.29, 1.82) is 0 Å². The Morgan fingerprint density at radius 3 is 2.41 bits per heavy atom. The smallest absolute Gasteiger partial charge is 0.152 e. The summed E-state index contributed by atoms with van der Waals surface area (Å²) in [5.74, 6) is 0.676. The fraction of sp³-hybridized carbons (Fsp3) is 0.0769. The van der Waals surface area contributed by atoms with Crippen LogP contribution in [-0.4, -0.2) is 7.11 Å². The van der Waals surface area contributed by atoms with Gasteiger partial charge in [0.05, 0.1) is 12.8 Å². The van der Waals surface area contributed by atoms with Crippen LogP contribution in [0.5, 0.6) is 11.5 Å². The average molecular weight is 233 g/mol. The van der Waals surface area contributed by atoms with Gasteiger partial charge in [0.25, 0.3) is 0 Å². The van der Waals surface area contributed by atoms with Crippen LogP contribution in [0.4, 0.5) is 10.1 Å². The van der Waals surface area contributed by atoms with Gasteiger partial charge in [-0.05, 0) is 24.3 Å². The van der Waals surface area contributed by atoms with Crippen molar-refractivity contribution in [3.63, 3.8) is 0 Å². The lowest BCUT2D eigenvalue weighted by Gasteiger charge is -2.08. The molecular weight excluding hydrogens is 221 g/mol. The SMILES string of the molecule is CONc1ccc(Oc2ccccc2)cc1F. The van der Waals surface area contributed by atoms with Gasteiger partial charge in [0, 0.05) is 6.07 Å². The highest BCUT2D eigenvalue weighted by Crippen LogP contribution is 2.25. The summed E-state index contributed by atoms with van der Waals surface area (Å²) in [7, 11) is 1.42. The molecule has 0 aromatic heterocycles. The molecule has 0 aliphatic rings. The molecule has 17 heavy (non-hydrogen) atoms. The zero-order chi connectivity index (χ0) is 12.1. The van der Waals surface area contributed by atoms with Crippen LogP contribution < -0.4 is 10.2 Å². The average Bonchev–Trinajstić information content (AvgIpc) is 2.34. The van der Waals surface area contributed by atoms with E-state index in [1.165, 1.54) is 13.2 Å². The summed E-state index contributed by atoms with van der Waals surface area (Å²) in [6.07, 6.45) is 0. The van der Waals surface area contributed by atoms with Crippen molar-refractivity contribution in [1.82, 2.24) is 0 Å². The second-order valence-electron chi connectivity index (χ2n) is 3.36. The van der Waals surface area contributed by atoms with E-state index in [9.17, 15) is 4.39 Å². The van der Waals surface area contributed by atoms with Gasteiger partial charge in [-0.1, -0.05) is 18.2 Å². The molecule has 0 saturated carbocycles. The molecule has 4 heteroatoms. The molecule has 0 saturated heterocycles. The van der Waals surface area contributed by atoms with E-state index >= 15 is 0 Å². The Labute approximate surface area is 98.7 Å². The number of rotatable bonds is 4. The van der Waals surface area contributed by atoms with Crippen LogP contribution in [0.3, 0.4) is 0 Å². The Hall–Kier alpha value is -2.07. The molecule has 0 amide bonds. The van der Waals surface area contributed by atoms with Crippen LogP contribution in [0.2, 0.25) is 0 Å². The maximum absolute atomic E-state index is 13.5. The van der Waals surface area contributed by atoms with E-state index in [2.05, 4.69) is 10.3 Å². The van der Waals surface area contributed by atoms with Crippen molar-refractivity contribution in [2.75, 3.05) is 12.6 Å². The summed E-state index contributed by atoms with van der Waals surface area (Å²) >= 11 is 0. The first-order valence-corrected chi connectivity index (χ1v) is 5.11. The summed E-state index contributed by atoms with van der Waals surface area (Å²) in [6, 6.07) is 13.7. The first-order chi connectivity index (χ1) is 8.29. The van der Waals surface area contributed by atoms with Gasteiger partial charge in [0.1, 0.15) is 11.5 Å². The fourth-order valence-corrected chi connectivity index (χ4v) is 1.38. The molecular formula is C13H12FNO2. The monoisotopic (exact) mass is 233 g/mol. The third-order valence-electron chi connectivity index (χ3n) is 2.13. The van der Waals surface area contributed by atoms with Crippen molar-refractivity contribution in [2.45, 2.75) is 0 Å². The van der Waals surface area contributed by atoms with Gasteiger partial charge >= 0.3 is 0 Å². The predicted octanol–water partition coefficient (Wildman–Crippen LogP) is 3.59. The summed E-state index contributed by atoms with van der Waals surface area (Å²) in [5, 5.41) is 0. The molecule has 3 nitrogen and oxygen atoms in total. The Morgan fingerprint density at radius 1 is 1.00 bits per heavy atom. The number of ether oxygens (including phenoxy) is 1. The van der Waals surface area contributed by atoms with Crippen LogP contribution >= 0.6 is 0 Å². The second kappa shape index (κ2) is 5.32. The van der Waals surface area contributed by atoms with Crippen molar-refractivity contribution in [3.8, 4) is 11.5 Å². The quantitative estimate of drug-likeness (QED) is 0.818. The minimum atomic E-state index is -0.430. The van der Waals surface area contributed by atoms with E-state index in [1.54, 1.807) is 24.3 Å². The Kier molecular flexibility index (Phi) is 3.57. The topological polar surface area (TPSA) is 30.5 Å². The number of nitrogens with one attached hydrogen (secondary N) is 1.